The van der Waals surface area contributed by atoms with Crippen molar-refractivity contribution >= 4 is 35.2 Å². The Morgan fingerprint density at radius 1 is 0.941 bits per heavy atom. The van der Waals surface area contributed by atoms with Crippen molar-refractivity contribution in [1.82, 2.24) is 10.2 Å². The first-order chi connectivity index (χ1) is 16.5. The highest BCUT2D eigenvalue weighted by molar-refractivity contribution is 7.99. The molecule has 0 aliphatic heterocycles. The molecule has 0 fully saturated rings. The Kier molecular flexibility index (Phi) is 10.0. The molecule has 3 aromatic carbocycles. The minimum atomic E-state index is -0.602. The zero-order valence-electron chi connectivity index (χ0n) is 19.7. The second-order valence-corrected chi connectivity index (χ2v) is 9.76. The fourth-order valence-electron chi connectivity index (χ4n) is 3.67. The van der Waals surface area contributed by atoms with Crippen molar-refractivity contribution < 1.29 is 9.59 Å². The van der Waals surface area contributed by atoms with Gasteiger partial charge >= 0.3 is 0 Å². The summed E-state index contributed by atoms with van der Waals surface area (Å²) < 4.78 is 0. The number of nitrogens with zero attached hydrogens (tertiary/aromatic N) is 1. The molecule has 0 aromatic heterocycles. The van der Waals surface area contributed by atoms with Crippen molar-refractivity contribution in [2.24, 2.45) is 0 Å². The molecule has 0 saturated carbocycles. The van der Waals surface area contributed by atoms with Crippen molar-refractivity contribution in [2.75, 3.05) is 12.3 Å². The summed E-state index contributed by atoms with van der Waals surface area (Å²) in [4.78, 5) is 29.5. The van der Waals surface area contributed by atoms with Crippen LogP contribution < -0.4 is 5.32 Å². The Bertz CT molecular complexity index is 1060. The Morgan fingerprint density at radius 3 is 2.26 bits per heavy atom. The van der Waals surface area contributed by atoms with Crippen LogP contribution >= 0.6 is 23.4 Å². The molecular weight excluding hydrogens is 464 g/mol. The van der Waals surface area contributed by atoms with E-state index >= 15 is 0 Å². The number of carbonyl (C=O) groups excluding carboxylic acids is 2. The van der Waals surface area contributed by atoms with E-state index in [1.54, 1.807) is 16.7 Å². The highest BCUT2D eigenvalue weighted by atomic mass is 35.5. The zero-order valence-corrected chi connectivity index (χ0v) is 21.2. The molecule has 0 saturated heterocycles. The van der Waals surface area contributed by atoms with Gasteiger partial charge in [0.25, 0.3) is 0 Å². The van der Waals surface area contributed by atoms with Gasteiger partial charge in [0.1, 0.15) is 6.04 Å². The van der Waals surface area contributed by atoms with E-state index < -0.39 is 6.04 Å². The molecule has 0 radical (unpaired) electrons. The summed E-state index contributed by atoms with van der Waals surface area (Å²) in [5.74, 6) is 0.466. The average molecular weight is 495 g/mol. The lowest BCUT2D eigenvalue weighted by atomic mass is 10.0. The van der Waals surface area contributed by atoms with Gasteiger partial charge in [0.2, 0.25) is 11.8 Å². The molecule has 3 aromatic rings. The molecule has 1 N–H and O–H groups in total. The summed E-state index contributed by atoms with van der Waals surface area (Å²) in [7, 11) is 0. The lowest BCUT2D eigenvalue weighted by molar-refractivity contribution is -0.140. The van der Waals surface area contributed by atoms with Crippen LogP contribution in [-0.4, -0.2) is 35.1 Å². The van der Waals surface area contributed by atoms with Gasteiger partial charge in [-0.2, -0.15) is 0 Å². The summed E-state index contributed by atoms with van der Waals surface area (Å²) in [6.07, 6.45) is 0.800. The minimum Gasteiger partial charge on any atom is -0.355 e. The third-order valence-corrected chi connectivity index (χ3v) is 6.76. The number of rotatable bonds is 11. The Labute approximate surface area is 211 Å². The molecule has 3 rings (SSSR count). The van der Waals surface area contributed by atoms with Crippen LogP contribution in [0, 0.1) is 6.92 Å². The molecular formula is C28H31ClN2O2S. The van der Waals surface area contributed by atoms with Crippen molar-refractivity contribution in [1.29, 1.82) is 0 Å². The maximum atomic E-state index is 13.5. The number of amides is 2. The number of carbonyl (C=O) groups is 2. The van der Waals surface area contributed by atoms with Gasteiger partial charge in [-0.25, -0.2) is 0 Å². The number of halogens is 1. The number of aryl methyl sites for hydroxylation is 1. The van der Waals surface area contributed by atoms with Gasteiger partial charge in [0.05, 0.1) is 0 Å². The van der Waals surface area contributed by atoms with E-state index in [-0.39, 0.29) is 11.8 Å². The first-order valence-corrected chi connectivity index (χ1v) is 12.9. The lowest BCUT2D eigenvalue weighted by Gasteiger charge is -2.31. The van der Waals surface area contributed by atoms with E-state index in [1.165, 1.54) is 5.56 Å². The second-order valence-electron chi connectivity index (χ2n) is 8.16. The topological polar surface area (TPSA) is 49.4 Å². The lowest BCUT2D eigenvalue weighted by Crippen LogP contribution is -2.50. The zero-order chi connectivity index (χ0) is 24.3. The number of benzene rings is 3. The highest BCUT2D eigenvalue weighted by Gasteiger charge is 2.29. The van der Waals surface area contributed by atoms with Gasteiger partial charge in [-0.1, -0.05) is 71.8 Å². The van der Waals surface area contributed by atoms with Crippen molar-refractivity contribution in [3.8, 4) is 0 Å². The van der Waals surface area contributed by atoms with Crippen LogP contribution in [0.4, 0.5) is 0 Å². The van der Waals surface area contributed by atoms with E-state index in [2.05, 4.69) is 36.5 Å². The van der Waals surface area contributed by atoms with Gasteiger partial charge in [0.15, 0.2) is 0 Å². The number of nitrogens with one attached hydrogen (secondary N) is 1. The second kappa shape index (κ2) is 13.2. The van der Waals surface area contributed by atoms with E-state index in [1.807, 2.05) is 61.5 Å². The van der Waals surface area contributed by atoms with Crippen molar-refractivity contribution in [3.63, 3.8) is 0 Å². The number of thioether (sulfide) groups is 1. The number of likely N-dealkylation sites (N-methyl/N-ethyl adjacent to an activating group) is 1. The quantitative estimate of drug-likeness (QED) is 0.337. The molecule has 0 spiro atoms. The summed E-state index contributed by atoms with van der Waals surface area (Å²) in [6.45, 7) is 4.80. The molecule has 1 atom stereocenters. The smallest absolute Gasteiger partial charge is 0.243 e. The molecule has 0 aliphatic carbocycles. The highest BCUT2D eigenvalue weighted by Crippen LogP contribution is 2.22. The third-order valence-electron chi connectivity index (χ3n) is 5.49. The summed E-state index contributed by atoms with van der Waals surface area (Å²) >= 11 is 7.71. The first-order valence-electron chi connectivity index (χ1n) is 11.5. The van der Waals surface area contributed by atoms with Gasteiger partial charge in [-0.15, -0.1) is 11.8 Å². The van der Waals surface area contributed by atoms with Crippen LogP contribution in [0.3, 0.4) is 0 Å². The number of hydrogen-bond acceptors (Lipinski definition) is 3. The molecule has 4 nitrogen and oxygen atoms in total. The van der Waals surface area contributed by atoms with Crippen LogP contribution in [0.25, 0.3) is 0 Å². The Balaban J connectivity index is 1.81. The first kappa shape index (κ1) is 25.9. The predicted molar refractivity (Wildman–Crippen MR) is 141 cm³/mol. The van der Waals surface area contributed by atoms with Crippen LogP contribution in [0.15, 0.2) is 83.8 Å². The summed E-state index contributed by atoms with van der Waals surface area (Å²) in [5, 5.41) is 3.56. The van der Waals surface area contributed by atoms with Gasteiger partial charge < -0.3 is 10.2 Å². The molecule has 6 heteroatoms. The standard InChI is InChI=1S/C28H31ClN2O2S/c1-3-30-28(33)26(19-22-7-5-4-6-8-22)31(20-23-11-13-24(29)14-12-23)27(32)17-18-34-25-15-9-21(2)10-16-25/h4-16,26H,3,17-20H2,1-2H3,(H,30,33)/t26-/m1/s1. The van der Waals surface area contributed by atoms with Crippen LogP contribution in [0.1, 0.15) is 30.0 Å². The Morgan fingerprint density at radius 2 is 1.62 bits per heavy atom. The fraction of sp³-hybridized carbons (Fsp3) is 0.286. The molecule has 178 valence electrons. The average Bonchev–Trinajstić information content (AvgIpc) is 2.84. The van der Waals surface area contributed by atoms with Gasteiger partial charge in [-0.05, 0) is 49.2 Å². The van der Waals surface area contributed by atoms with Crippen LogP contribution in [0.2, 0.25) is 5.02 Å². The molecule has 0 heterocycles. The molecule has 0 bridgehead atoms. The maximum Gasteiger partial charge on any atom is 0.243 e. The molecule has 34 heavy (non-hydrogen) atoms. The normalized spacial score (nSPS) is 11.6. The van der Waals surface area contributed by atoms with Gasteiger partial charge in [0, 0.05) is 41.6 Å². The maximum absolute atomic E-state index is 13.5. The molecule has 2 amide bonds. The summed E-state index contributed by atoms with van der Waals surface area (Å²) in [6, 6.07) is 24.9. The van der Waals surface area contributed by atoms with Crippen LogP contribution in [-0.2, 0) is 22.6 Å². The fourth-order valence-corrected chi connectivity index (χ4v) is 4.63. The summed E-state index contributed by atoms with van der Waals surface area (Å²) in [5.41, 5.74) is 3.16. The van der Waals surface area contributed by atoms with Crippen molar-refractivity contribution in [2.45, 2.75) is 44.2 Å². The minimum absolute atomic E-state index is 0.0401. The largest absolute Gasteiger partial charge is 0.355 e. The van der Waals surface area contributed by atoms with E-state index in [0.29, 0.717) is 36.7 Å². The molecule has 0 unspecified atom stereocenters. The number of hydrogen-bond donors (Lipinski definition) is 1. The van der Waals surface area contributed by atoms with Crippen molar-refractivity contribution in [3.05, 3.63) is 101 Å². The Hall–Kier alpha value is -2.76. The predicted octanol–water partition coefficient (Wildman–Crippen LogP) is 5.91. The monoisotopic (exact) mass is 494 g/mol. The van der Waals surface area contributed by atoms with E-state index in [0.717, 1.165) is 16.0 Å². The van der Waals surface area contributed by atoms with Crippen LogP contribution in [0.5, 0.6) is 0 Å². The molecule has 0 aliphatic rings. The van der Waals surface area contributed by atoms with E-state index in [9.17, 15) is 9.59 Å². The van der Waals surface area contributed by atoms with E-state index in [4.69, 9.17) is 11.6 Å². The third kappa shape index (κ3) is 7.93. The SMILES string of the molecule is CCNC(=O)[C@@H](Cc1ccccc1)N(Cc1ccc(Cl)cc1)C(=O)CCSc1ccc(C)cc1. The van der Waals surface area contributed by atoms with Gasteiger partial charge in [-0.3, -0.25) is 9.59 Å².